The third kappa shape index (κ3) is 4.64. The van der Waals surface area contributed by atoms with Crippen LogP contribution in [-0.4, -0.2) is 4.57 Å². The molecule has 1 aromatic heterocycles. The maximum absolute atomic E-state index is 3.85. The highest BCUT2D eigenvalue weighted by Gasteiger charge is 2.30. The lowest BCUT2D eigenvalue weighted by molar-refractivity contribution is 0.781. The Hall–Kier alpha value is -6.38. The fraction of sp³-hybridized carbons (Fsp3) is 0.0417. The van der Waals surface area contributed by atoms with Gasteiger partial charge in [-0.2, -0.15) is 0 Å². The molecule has 7 aromatic rings. The fourth-order valence-electron chi connectivity index (χ4n) is 8.14. The molecular formula is C48H34N2. The molecule has 1 N–H and O–H groups in total. The average molecular weight is 639 g/mol. The number of hydrogen-bond donors (Lipinski definition) is 1. The van der Waals surface area contributed by atoms with Crippen LogP contribution >= 0.6 is 0 Å². The van der Waals surface area contributed by atoms with Crippen molar-refractivity contribution < 1.29 is 0 Å². The third-order valence-corrected chi connectivity index (χ3v) is 10.5. The van der Waals surface area contributed by atoms with Gasteiger partial charge < -0.3 is 9.88 Å². The lowest BCUT2D eigenvalue weighted by Crippen LogP contribution is -2.20. The Morgan fingerprint density at radius 2 is 1.34 bits per heavy atom. The van der Waals surface area contributed by atoms with E-state index >= 15 is 0 Å². The van der Waals surface area contributed by atoms with Gasteiger partial charge in [0.2, 0.25) is 0 Å². The standard InChI is InChI=1S/C48H34N2/c1-2-13-34-27-28-49-48-44(40-17-7-5-14-35(40)22-21-32(34)11-1)30-37-16-6-8-18-41(37)47(48)38-24-26-46-43(31-38)42-19-9-10-20-45(42)50(46)39-25-23-33-12-3-4-15-36(33)29-39/h1-15,17-31,37,49H,16H2/b22-21-,28-27+. The van der Waals surface area contributed by atoms with Crippen molar-refractivity contribution in [2.45, 2.75) is 6.42 Å². The molecule has 2 nitrogen and oxygen atoms in total. The Morgan fingerprint density at radius 3 is 2.26 bits per heavy atom. The summed E-state index contributed by atoms with van der Waals surface area (Å²) in [7, 11) is 0. The Balaban J connectivity index is 1.23. The van der Waals surface area contributed by atoms with Crippen LogP contribution in [0.4, 0.5) is 0 Å². The largest absolute Gasteiger partial charge is 0.361 e. The number of para-hydroxylation sites is 1. The van der Waals surface area contributed by atoms with Gasteiger partial charge in [0, 0.05) is 39.7 Å². The van der Waals surface area contributed by atoms with Crippen LogP contribution in [0.2, 0.25) is 0 Å². The van der Waals surface area contributed by atoms with Crippen molar-refractivity contribution in [1.82, 2.24) is 9.88 Å². The summed E-state index contributed by atoms with van der Waals surface area (Å²) < 4.78 is 2.42. The summed E-state index contributed by atoms with van der Waals surface area (Å²) in [6, 6.07) is 48.7. The predicted molar refractivity (Wildman–Crippen MR) is 212 cm³/mol. The molecule has 2 aliphatic carbocycles. The highest BCUT2D eigenvalue weighted by Crippen LogP contribution is 2.47. The topological polar surface area (TPSA) is 17.0 Å². The minimum atomic E-state index is 0.286. The van der Waals surface area contributed by atoms with E-state index in [4.69, 9.17) is 0 Å². The van der Waals surface area contributed by atoms with Gasteiger partial charge >= 0.3 is 0 Å². The fourth-order valence-corrected chi connectivity index (χ4v) is 8.14. The van der Waals surface area contributed by atoms with Crippen molar-refractivity contribution in [2.75, 3.05) is 0 Å². The number of hydrogen-bond acceptors (Lipinski definition) is 1. The highest BCUT2D eigenvalue weighted by atomic mass is 15.0. The number of nitrogens with zero attached hydrogens (tertiary/aromatic N) is 1. The van der Waals surface area contributed by atoms with E-state index in [1.807, 2.05) is 0 Å². The van der Waals surface area contributed by atoms with Crippen LogP contribution in [0.1, 0.15) is 34.2 Å². The lowest BCUT2D eigenvalue weighted by Gasteiger charge is -2.32. The first-order chi connectivity index (χ1) is 24.8. The van der Waals surface area contributed by atoms with Gasteiger partial charge in [0.15, 0.2) is 0 Å². The van der Waals surface area contributed by atoms with E-state index in [-0.39, 0.29) is 5.92 Å². The molecule has 0 amide bonds. The van der Waals surface area contributed by atoms with Crippen LogP contribution < -0.4 is 5.32 Å². The second-order valence-electron chi connectivity index (χ2n) is 13.4. The quantitative estimate of drug-likeness (QED) is 0.199. The molecule has 0 spiro atoms. The van der Waals surface area contributed by atoms with Gasteiger partial charge in [0.25, 0.3) is 0 Å². The Bertz CT molecular complexity index is 2700. The molecule has 0 saturated heterocycles. The molecule has 2 heteroatoms. The number of fused-ring (bicyclic) bond motifs is 9. The molecule has 0 bridgehead atoms. The Morgan fingerprint density at radius 1 is 0.600 bits per heavy atom. The number of aromatic nitrogens is 1. The first-order valence-corrected chi connectivity index (χ1v) is 17.5. The average Bonchev–Trinajstić information content (AvgIpc) is 3.49. The van der Waals surface area contributed by atoms with E-state index in [0.29, 0.717) is 0 Å². The molecule has 236 valence electrons. The van der Waals surface area contributed by atoms with Gasteiger partial charge in [-0.3, -0.25) is 0 Å². The minimum absolute atomic E-state index is 0.286. The smallest absolute Gasteiger partial charge is 0.0541 e. The Labute approximate surface area is 292 Å². The molecule has 6 aromatic carbocycles. The van der Waals surface area contributed by atoms with Crippen molar-refractivity contribution in [3.8, 4) is 5.69 Å². The molecule has 0 radical (unpaired) electrons. The summed E-state index contributed by atoms with van der Waals surface area (Å²) in [6.45, 7) is 0. The molecule has 10 rings (SSSR count). The van der Waals surface area contributed by atoms with Crippen molar-refractivity contribution in [2.24, 2.45) is 5.92 Å². The molecule has 0 saturated carbocycles. The zero-order valence-electron chi connectivity index (χ0n) is 27.6. The van der Waals surface area contributed by atoms with Crippen molar-refractivity contribution in [3.05, 3.63) is 203 Å². The maximum atomic E-state index is 3.85. The molecule has 0 fully saturated rings. The van der Waals surface area contributed by atoms with Gasteiger partial charge in [0.05, 0.1) is 16.7 Å². The Kier molecular flexibility index (Phi) is 6.67. The van der Waals surface area contributed by atoms with E-state index in [1.165, 1.54) is 82.8 Å². The summed E-state index contributed by atoms with van der Waals surface area (Å²) in [5.41, 5.74) is 14.6. The van der Waals surface area contributed by atoms with E-state index < -0.39 is 0 Å². The second-order valence-corrected chi connectivity index (χ2v) is 13.4. The molecule has 50 heavy (non-hydrogen) atoms. The monoisotopic (exact) mass is 638 g/mol. The van der Waals surface area contributed by atoms with Gasteiger partial charge in [-0.25, -0.2) is 0 Å². The van der Waals surface area contributed by atoms with Gasteiger partial charge in [-0.1, -0.05) is 140 Å². The predicted octanol–water partition coefficient (Wildman–Crippen LogP) is 12.0. The van der Waals surface area contributed by atoms with Crippen LogP contribution in [0.15, 0.2) is 175 Å². The van der Waals surface area contributed by atoms with Crippen LogP contribution in [0.5, 0.6) is 0 Å². The summed E-state index contributed by atoms with van der Waals surface area (Å²) >= 11 is 0. The van der Waals surface area contributed by atoms with Crippen molar-refractivity contribution >= 4 is 62.0 Å². The highest BCUT2D eigenvalue weighted by molar-refractivity contribution is 6.11. The van der Waals surface area contributed by atoms with Crippen LogP contribution in [-0.2, 0) is 0 Å². The van der Waals surface area contributed by atoms with Crippen LogP contribution in [0.3, 0.4) is 0 Å². The van der Waals surface area contributed by atoms with E-state index in [0.717, 1.165) is 12.1 Å². The van der Waals surface area contributed by atoms with Crippen molar-refractivity contribution in [3.63, 3.8) is 0 Å². The molecule has 2 heterocycles. The SMILES string of the molecule is C1=CCC2C=C3C(=C(c4ccc5c(c4)c4ccccc4n5-c4ccc5ccccc5c4)C2=C1)N/C=C/c1ccccc1/C=C\c1ccccc13. The normalized spacial score (nSPS) is 17.9. The van der Waals surface area contributed by atoms with Crippen molar-refractivity contribution in [1.29, 1.82) is 0 Å². The third-order valence-electron chi connectivity index (χ3n) is 10.5. The minimum Gasteiger partial charge on any atom is -0.361 e. The lowest BCUT2D eigenvalue weighted by atomic mass is 9.75. The first kappa shape index (κ1) is 28.6. The van der Waals surface area contributed by atoms with Gasteiger partial charge in [0.1, 0.15) is 0 Å². The number of benzene rings is 6. The van der Waals surface area contributed by atoms with E-state index in [1.54, 1.807) is 0 Å². The van der Waals surface area contributed by atoms with Gasteiger partial charge in [-0.15, -0.1) is 0 Å². The maximum Gasteiger partial charge on any atom is 0.0541 e. The number of rotatable bonds is 2. The molecule has 1 unspecified atom stereocenters. The summed E-state index contributed by atoms with van der Waals surface area (Å²) in [5, 5.41) is 8.85. The summed E-state index contributed by atoms with van der Waals surface area (Å²) in [6.07, 6.45) is 19.1. The van der Waals surface area contributed by atoms with E-state index in [2.05, 4.69) is 192 Å². The molecule has 3 aliphatic rings. The van der Waals surface area contributed by atoms with Gasteiger partial charge in [-0.05, 0) is 87.0 Å². The van der Waals surface area contributed by atoms with E-state index in [9.17, 15) is 0 Å². The molecule has 1 atom stereocenters. The summed E-state index contributed by atoms with van der Waals surface area (Å²) in [5.74, 6) is 0.286. The summed E-state index contributed by atoms with van der Waals surface area (Å²) in [4.78, 5) is 0. The molecule has 1 aliphatic heterocycles. The second kappa shape index (κ2) is 11.6. The number of allylic oxidation sites excluding steroid dienone is 7. The molecular weight excluding hydrogens is 605 g/mol. The number of nitrogens with one attached hydrogen (secondary N) is 1. The zero-order chi connectivity index (χ0) is 33.0. The van der Waals surface area contributed by atoms with Crippen LogP contribution in [0.25, 0.3) is 67.6 Å². The first-order valence-electron chi connectivity index (χ1n) is 17.5. The van der Waals surface area contributed by atoms with Crippen LogP contribution in [0, 0.1) is 5.92 Å². The zero-order valence-corrected chi connectivity index (χ0v) is 27.6.